The van der Waals surface area contributed by atoms with Crippen LogP contribution >= 0.6 is 0 Å². The summed E-state index contributed by atoms with van der Waals surface area (Å²) >= 11 is 0. The van der Waals surface area contributed by atoms with Gasteiger partial charge >= 0.3 is 0 Å². The molecule has 0 aromatic rings. The fourth-order valence-corrected chi connectivity index (χ4v) is 5.26. The molecule has 0 aliphatic carbocycles. The third-order valence-electron chi connectivity index (χ3n) is 4.85. The maximum Gasteiger partial charge on any atom is 0.282 e. The Balaban J connectivity index is 2.03. The van der Waals surface area contributed by atoms with Gasteiger partial charge in [-0.05, 0) is 37.5 Å². The molecule has 118 valence electrons. The highest BCUT2D eigenvalue weighted by Crippen LogP contribution is 2.29. The van der Waals surface area contributed by atoms with Gasteiger partial charge in [0.25, 0.3) is 10.2 Å². The Morgan fingerprint density at radius 3 is 2.30 bits per heavy atom. The van der Waals surface area contributed by atoms with Gasteiger partial charge in [0, 0.05) is 25.7 Å². The SMILES string of the molecule is CC(C)C1CCN(S(=O)(=O)N2CCCCC2CO)CC1. The second-order valence-electron chi connectivity index (χ2n) is 6.43. The van der Waals surface area contributed by atoms with Gasteiger partial charge in [-0.3, -0.25) is 0 Å². The molecule has 0 radical (unpaired) electrons. The molecular weight excluding hydrogens is 276 g/mol. The van der Waals surface area contributed by atoms with Crippen LogP contribution in [-0.2, 0) is 10.2 Å². The van der Waals surface area contributed by atoms with Crippen molar-refractivity contribution in [2.75, 3.05) is 26.2 Å². The predicted molar refractivity (Wildman–Crippen MR) is 79.5 cm³/mol. The van der Waals surface area contributed by atoms with Crippen LogP contribution in [0.5, 0.6) is 0 Å². The Labute approximate surface area is 123 Å². The van der Waals surface area contributed by atoms with Crippen LogP contribution in [0, 0.1) is 11.8 Å². The zero-order valence-electron chi connectivity index (χ0n) is 12.7. The summed E-state index contributed by atoms with van der Waals surface area (Å²) in [7, 11) is -3.39. The molecule has 20 heavy (non-hydrogen) atoms. The minimum Gasteiger partial charge on any atom is -0.395 e. The minimum absolute atomic E-state index is 0.0678. The van der Waals surface area contributed by atoms with Gasteiger partial charge < -0.3 is 5.11 Å². The average molecular weight is 304 g/mol. The maximum absolute atomic E-state index is 12.7. The number of hydrogen-bond acceptors (Lipinski definition) is 3. The zero-order valence-corrected chi connectivity index (χ0v) is 13.5. The lowest BCUT2D eigenvalue weighted by Crippen LogP contribution is -2.53. The lowest BCUT2D eigenvalue weighted by molar-refractivity contribution is 0.141. The molecule has 2 rings (SSSR count). The van der Waals surface area contributed by atoms with Crippen LogP contribution in [0.1, 0.15) is 46.0 Å². The van der Waals surface area contributed by atoms with Gasteiger partial charge in [-0.1, -0.05) is 20.3 Å². The summed E-state index contributed by atoms with van der Waals surface area (Å²) < 4.78 is 28.6. The van der Waals surface area contributed by atoms with Crippen molar-refractivity contribution >= 4 is 10.2 Å². The summed E-state index contributed by atoms with van der Waals surface area (Å²) in [6.07, 6.45) is 4.59. The highest BCUT2D eigenvalue weighted by molar-refractivity contribution is 7.86. The molecule has 1 atom stereocenters. The predicted octanol–water partition coefficient (Wildman–Crippen LogP) is 1.45. The molecule has 0 amide bonds. The second-order valence-corrected chi connectivity index (χ2v) is 8.31. The van der Waals surface area contributed by atoms with Gasteiger partial charge in [-0.2, -0.15) is 17.0 Å². The molecule has 1 unspecified atom stereocenters. The quantitative estimate of drug-likeness (QED) is 0.855. The van der Waals surface area contributed by atoms with E-state index in [1.54, 1.807) is 4.31 Å². The molecule has 6 heteroatoms. The average Bonchev–Trinajstić information content (AvgIpc) is 2.47. The van der Waals surface area contributed by atoms with E-state index >= 15 is 0 Å². The Morgan fingerprint density at radius 1 is 1.10 bits per heavy atom. The molecule has 0 aromatic carbocycles. The van der Waals surface area contributed by atoms with Crippen molar-refractivity contribution in [3.63, 3.8) is 0 Å². The first-order chi connectivity index (χ1) is 9.46. The molecule has 2 fully saturated rings. The molecule has 5 nitrogen and oxygen atoms in total. The number of rotatable bonds is 4. The fourth-order valence-electron chi connectivity index (χ4n) is 3.38. The topological polar surface area (TPSA) is 60.9 Å². The summed E-state index contributed by atoms with van der Waals surface area (Å²) in [5.41, 5.74) is 0. The molecule has 2 heterocycles. The monoisotopic (exact) mass is 304 g/mol. The van der Waals surface area contributed by atoms with Gasteiger partial charge in [-0.25, -0.2) is 0 Å². The van der Waals surface area contributed by atoms with E-state index in [1.165, 1.54) is 4.31 Å². The van der Waals surface area contributed by atoms with E-state index < -0.39 is 10.2 Å². The van der Waals surface area contributed by atoms with E-state index in [4.69, 9.17) is 0 Å². The van der Waals surface area contributed by atoms with Crippen LogP contribution in [0.15, 0.2) is 0 Å². The lowest BCUT2D eigenvalue weighted by atomic mass is 9.87. The Bertz CT molecular complexity index is 403. The van der Waals surface area contributed by atoms with Crippen molar-refractivity contribution in [2.24, 2.45) is 11.8 Å². The van der Waals surface area contributed by atoms with Gasteiger partial charge in [-0.15, -0.1) is 0 Å². The number of piperidine rings is 2. The van der Waals surface area contributed by atoms with Gasteiger partial charge in [0.1, 0.15) is 0 Å². The Hall–Kier alpha value is -0.170. The van der Waals surface area contributed by atoms with Crippen LogP contribution < -0.4 is 0 Å². The first kappa shape index (κ1) is 16.2. The van der Waals surface area contributed by atoms with E-state index in [1.807, 2.05) is 0 Å². The Morgan fingerprint density at radius 2 is 1.75 bits per heavy atom. The highest BCUT2D eigenvalue weighted by Gasteiger charge is 2.38. The largest absolute Gasteiger partial charge is 0.395 e. The maximum atomic E-state index is 12.7. The van der Waals surface area contributed by atoms with Crippen LogP contribution in [0.2, 0.25) is 0 Å². The third kappa shape index (κ3) is 3.35. The summed E-state index contributed by atoms with van der Waals surface area (Å²) in [6, 6.07) is -0.225. The molecule has 1 N–H and O–H groups in total. The fraction of sp³-hybridized carbons (Fsp3) is 1.00. The number of aliphatic hydroxyl groups excluding tert-OH is 1. The Kier molecular flexibility index (Phi) is 5.45. The molecule has 2 aliphatic heterocycles. The summed E-state index contributed by atoms with van der Waals surface area (Å²) in [5, 5.41) is 9.41. The molecule has 0 aromatic heterocycles. The van der Waals surface area contributed by atoms with Crippen LogP contribution in [-0.4, -0.2) is 54.4 Å². The molecule has 2 aliphatic rings. The van der Waals surface area contributed by atoms with Crippen molar-refractivity contribution in [2.45, 2.75) is 52.0 Å². The van der Waals surface area contributed by atoms with E-state index in [0.29, 0.717) is 31.5 Å². The highest BCUT2D eigenvalue weighted by atomic mass is 32.2. The zero-order chi connectivity index (χ0) is 14.8. The molecule has 0 saturated carbocycles. The van der Waals surface area contributed by atoms with Gasteiger partial charge in [0.2, 0.25) is 0 Å². The van der Waals surface area contributed by atoms with Crippen molar-refractivity contribution in [3.8, 4) is 0 Å². The van der Waals surface area contributed by atoms with Gasteiger partial charge in [0.05, 0.1) is 6.61 Å². The summed E-state index contributed by atoms with van der Waals surface area (Å²) in [6.45, 7) is 6.15. The smallest absolute Gasteiger partial charge is 0.282 e. The molecular formula is C14H28N2O3S. The lowest BCUT2D eigenvalue weighted by Gasteiger charge is -2.40. The summed E-state index contributed by atoms with van der Waals surface area (Å²) in [4.78, 5) is 0. The van der Waals surface area contributed by atoms with Crippen molar-refractivity contribution < 1.29 is 13.5 Å². The standard InChI is InChI=1S/C14H28N2O3S/c1-12(2)13-6-9-15(10-7-13)20(18,19)16-8-4-3-5-14(16)11-17/h12-14,17H,3-11H2,1-2H3. The van der Waals surface area contributed by atoms with E-state index in [9.17, 15) is 13.5 Å². The normalized spacial score (nSPS) is 28.1. The van der Waals surface area contributed by atoms with Crippen LogP contribution in [0.3, 0.4) is 0 Å². The second kappa shape index (κ2) is 6.73. The number of nitrogens with zero attached hydrogens (tertiary/aromatic N) is 2. The number of aliphatic hydroxyl groups is 1. The molecule has 0 spiro atoms. The van der Waals surface area contributed by atoms with Crippen LogP contribution in [0.4, 0.5) is 0 Å². The first-order valence-corrected chi connectivity index (χ1v) is 9.24. The number of hydrogen-bond donors (Lipinski definition) is 1. The molecule has 0 bridgehead atoms. The van der Waals surface area contributed by atoms with Crippen molar-refractivity contribution in [3.05, 3.63) is 0 Å². The minimum atomic E-state index is -3.39. The van der Waals surface area contributed by atoms with Gasteiger partial charge in [0.15, 0.2) is 0 Å². The third-order valence-corrected chi connectivity index (χ3v) is 6.94. The van der Waals surface area contributed by atoms with E-state index in [0.717, 1.165) is 32.1 Å². The summed E-state index contributed by atoms with van der Waals surface area (Å²) in [5.74, 6) is 1.26. The van der Waals surface area contributed by atoms with Crippen molar-refractivity contribution in [1.82, 2.24) is 8.61 Å². The first-order valence-electron chi connectivity index (χ1n) is 7.84. The van der Waals surface area contributed by atoms with Crippen molar-refractivity contribution in [1.29, 1.82) is 0 Å². The van der Waals surface area contributed by atoms with Crippen LogP contribution in [0.25, 0.3) is 0 Å². The van der Waals surface area contributed by atoms with E-state index in [2.05, 4.69) is 13.8 Å². The van der Waals surface area contributed by atoms with E-state index in [-0.39, 0.29) is 12.6 Å². The molecule has 2 saturated heterocycles.